The number of hydrogen-bond acceptors (Lipinski definition) is 4. The van der Waals surface area contributed by atoms with Crippen molar-refractivity contribution in [2.45, 2.75) is 18.0 Å². The van der Waals surface area contributed by atoms with Gasteiger partial charge in [0.2, 0.25) is 0 Å². The molecule has 6 nitrogen and oxygen atoms in total. The summed E-state index contributed by atoms with van der Waals surface area (Å²) in [6, 6.07) is 30.1. The van der Waals surface area contributed by atoms with Crippen molar-refractivity contribution in [2.24, 2.45) is 0 Å². The van der Waals surface area contributed by atoms with Crippen LogP contribution in [0.1, 0.15) is 21.6 Å². The number of carbonyl (C=O) groups excluding carboxylic acids is 1. The van der Waals surface area contributed by atoms with Gasteiger partial charge in [0.15, 0.2) is 0 Å². The maximum atomic E-state index is 13.8. The highest BCUT2D eigenvalue weighted by Crippen LogP contribution is 2.26. The molecule has 3 aromatic carbocycles. The fraction of sp³-hybridized carbons (Fsp3) is 0.111. The van der Waals surface area contributed by atoms with Crippen LogP contribution in [0.3, 0.4) is 0 Å². The van der Waals surface area contributed by atoms with Crippen molar-refractivity contribution in [3.8, 4) is 0 Å². The average molecular weight is 472 g/mol. The zero-order valence-electron chi connectivity index (χ0n) is 18.8. The van der Waals surface area contributed by atoms with Gasteiger partial charge in [-0.25, -0.2) is 8.42 Å². The molecule has 0 aliphatic heterocycles. The lowest BCUT2D eigenvalue weighted by atomic mass is 10.2. The highest BCUT2D eigenvalue weighted by molar-refractivity contribution is 7.92. The lowest BCUT2D eigenvalue weighted by molar-refractivity contribution is 0.0783. The van der Waals surface area contributed by atoms with Gasteiger partial charge in [-0.15, -0.1) is 0 Å². The zero-order valence-corrected chi connectivity index (χ0v) is 19.6. The Kier molecular flexibility index (Phi) is 7.04. The van der Waals surface area contributed by atoms with E-state index in [4.69, 9.17) is 0 Å². The molecule has 34 heavy (non-hydrogen) atoms. The van der Waals surface area contributed by atoms with E-state index in [9.17, 15) is 13.2 Å². The summed E-state index contributed by atoms with van der Waals surface area (Å²) in [6.45, 7) is 0.492. The third kappa shape index (κ3) is 5.32. The minimum Gasteiger partial charge on any atom is -0.336 e. The first-order chi connectivity index (χ1) is 16.4. The van der Waals surface area contributed by atoms with E-state index in [0.717, 1.165) is 11.3 Å². The maximum Gasteiger partial charge on any atom is 0.264 e. The number of sulfonamides is 1. The Morgan fingerprint density at radius 1 is 0.794 bits per heavy atom. The molecule has 0 radical (unpaired) electrons. The van der Waals surface area contributed by atoms with Gasteiger partial charge in [-0.1, -0.05) is 60.7 Å². The summed E-state index contributed by atoms with van der Waals surface area (Å²) in [6.07, 6.45) is 1.67. The molecule has 0 fully saturated rings. The Morgan fingerprint density at radius 3 is 2.15 bits per heavy atom. The van der Waals surface area contributed by atoms with Crippen LogP contribution in [-0.4, -0.2) is 31.3 Å². The van der Waals surface area contributed by atoms with Gasteiger partial charge in [0, 0.05) is 18.8 Å². The van der Waals surface area contributed by atoms with Gasteiger partial charge in [0.1, 0.15) is 0 Å². The van der Waals surface area contributed by atoms with Crippen molar-refractivity contribution in [2.75, 3.05) is 11.4 Å². The van der Waals surface area contributed by atoms with Gasteiger partial charge in [0.05, 0.1) is 29.4 Å². The van der Waals surface area contributed by atoms with Gasteiger partial charge in [-0.3, -0.25) is 14.1 Å². The molecular formula is C27H25N3O3S. The first-order valence-corrected chi connectivity index (χ1v) is 12.3. The number of carbonyl (C=O) groups is 1. The SMILES string of the molecule is CN(Cc1ccccn1)C(=O)c1cccc(S(=O)(=O)N(Cc2ccccc2)c2ccccc2)c1. The molecule has 1 heterocycles. The number of benzene rings is 3. The van der Waals surface area contributed by atoms with Gasteiger partial charge in [-0.2, -0.15) is 0 Å². The lowest BCUT2D eigenvalue weighted by Gasteiger charge is -2.25. The van der Waals surface area contributed by atoms with E-state index in [1.54, 1.807) is 49.6 Å². The van der Waals surface area contributed by atoms with E-state index >= 15 is 0 Å². The van der Waals surface area contributed by atoms with Crippen LogP contribution in [0.4, 0.5) is 5.69 Å². The van der Waals surface area contributed by atoms with E-state index in [2.05, 4.69) is 4.98 Å². The molecule has 0 aliphatic carbocycles. The predicted molar refractivity (Wildman–Crippen MR) is 133 cm³/mol. The minimum atomic E-state index is -3.94. The summed E-state index contributed by atoms with van der Waals surface area (Å²) in [5, 5.41) is 0. The van der Waals surface area contributed by atoms with Crippen LogP contribution < -0.4 is 4.31 Å². The minimum absolute atomic E-state index is 0.0596. The van der Waals surface area contributed by atoms with Gasteiger partial charge in [0.25, 0.3) is 15.9 Å². The largest absolute Gasteiger partial charge is 0.336 e. The van der Waals surface area contributed by atoms with E-state index in [0.29, 0.717) is 17.8 Å². The normalized spacial score (nSPS) is 11.1. The molecule has 0 spiro atoms. The molecule has 0 aliphatic rings. The summed E-state index contributed by atoms with van der Waals surface area (Å²) in [5.74, 6) is -0.281. The highest BCUT2D eigenvalue weighted by Gasteiger charge is 2.26. The van der Waals surface area contributed by atoms with Crippen LogP contribution in [0.5, 0.6) is 0 Å². The van der Waals surface area contributed by atoms with Crippen molar-refractivity contribution < 1.29 is 13.2 Å². The average Bonchev–Trinajstić information content (AvgIpc) is 2.88. The molecule has 0 bridgehead atoms. The Balaban J connectivity index is 1.65. The van der Waals surface area contributed by atoms with Crippen molar-refractivity contribution >= 4 is 21.6 Å². The summed E-state index contributed by atoms with van der Waals surface area (Å²) in [7, 11) is -2.27. The third-order valence-electron chi connectivity index (χ3n) is 5.35. The Bertz CT molecular complexity index is 1350. The smallest absolute Gasteiger partial charge is 0.264 e. The third-order valence-corrected chi connectivity index (χ3v) is 7.12. The fourth-order valence-corrected chi connectivity index (χ4v) is 5.10. The quantitative estimate of drug-likeness (QED) is 0.372. The molecule has 0 saturated heterocycles. The van der Waals surface area contributed by atoms with E-state index < -0.39 is 10.0 Å². The summed E-state index contributed by atoms with van der Waals surface area (Å²) in [4.78, 5) is 18.9. The topological polar surface area (TPSA) is 70.6 Å². The van der Waals surface area contributed by atoms with E-state index in [1.165, 1.54) is 21.3 Å². The second kappa shape index (κ2) is 10.3. The number of anilines is 1. The molecule has 1 aromatic heterocycles. The van der Waals surface area contributed by atoms with Crippen LogP contribution in [0.25, 0.3) is 0 Å². The van der Waals surface area contributed by atoms with Crippen LogP contribution in [0.2, 0.25) is 0 Å². The number of amides is 1. The molecule has 0 saturated carbocycles. The van der Waals surface area contributed by atoms with Gasteiger partial charge in [-0.05, 0) is 48.0 Å². The van der Waals surface area contributed by atoms with Crippen LogP contribution in [-0.2, 0) is 23.1 Å². The first-order valence-electron chi connectivity index (χ1n) is 10.8. The zero-order chi connectivity index (χ0) is 24.0. The van der Waals surface area contributed by atoms with E-state index in [-0.39, 0.29) is 17.3 Å². The number of aromatic nitrogens is 1. The number of pyridine rings is 1. The van der Waals surface area contributed by atoms with E-state index in [1.807, 2.05) is 54.6 Å². The van der Waals surface area contributed by atoms with Crippen molar-refractivity contribution in [1.82, 2.24) is 9.88 Å². The molecular weight excluding hydrogens is 446 g/mol. The van der Waals surface area contributed by atoms with Crippen LogP contribution in [0, 0.1) is 0 Å². The van der Waals surface area contributed by atoms with Crippen LogP contribution >= 0.6 is 0 Å². The molecule has 4 rings (SSSR count). The maximum absolute atomic E-state index is 13.8. The van der Waals surface area contributed by atoms with Crippen molar-refractivity contribution in [3.63, 3.8) is 0 Å². The number of rotatable bonds is 8. The number of hydrogen-bond donors (Lipinski definition) is 0. The predicted octanol–water partition coefficient (Wildman–Crippen LogP) is 4.75. The summed E-state index contributed by atoms with van der Waals surface area (Å²) < 4.78 is 28.9. The molecule has 0 atom stereocenters. The second-order valence-corrected chi connectivity index (χ2v) is 9.71. The number of nitrogens with zero attached hydrogens (tertiary/aromatic N) is 3. The summed E-state index contributed by atoms with van der Waals surface area (Å²) >= 11 is 0. The lowest BCUT2D eigenvalue weighted by Crippen LogP contribution is -2.31. The van der Waals surface area contributed by atoms with Crippen molar-refractivity contribution in [1.29, 1.82) is 0 Å². The number of para-hydroxylation sites is 1. The second-order valence-electron chi connectivity index (χ2n) is 7.84. The molecule has 172 valence electrons. The standard InChI is InChI=1S/C27H25N3O3S/c1-29(21-24-14-8-9-18-28-24)27(31)23-13-10-17-26(19-23)34(32,33)30(25-15-6-3-7-16-25)20-22-11-4-2-5-12-22/h2-19H,20-21H2,1H3. The monoisotopic (exact) mass is 471 g/mol. The molecule has 0 unspecified atom stereocenters. The van der Waals surface area contributed by atoms with Gasteiger partial charge >= 0.3 is 0 Å². The highest BCUT2D eigenvalue weighted by atomic mass is 32.2. The van der Waals surface area contributed by atoms with Crippen LogP contribution in [0.15, 0.2) is 114 Å². The molecule has 1 amide bonds. The fourth-order valence-electron chi connectivity index (χ4n) is 3.60. The molecule has 0 N–H and O–H groups in total. The Hall–Kier alpha value is -3.97. The Morgan fingerprint density at radius 2 is 1.47 bits per heavy atom. The molecule has 7 heteroatoms. The Labute approximate surface area is 200 Å². The summed E-state index contributed by atoms with van der Waals surface area (Å²) in [5.41, 5.74) is 2.46. The van der Waals surface area contributed by atoms with Crippen molar-refractivity contribution in [3.05, 3.63) is 126 Å². The molecule has 4 aromatic rings. The van der Waals surface area contributed by atoms with Gasteiger partial charge < -0.3 is 4.90 Å². The first kappa shape index (κ1) is 23.2.